The van der Waals surface area contributed by atoms with Gasteiger partial charge < -0.3 is 10.6 Å². The first-order valence-corrected chi connectivity index (χ1v) is 8.02. The predicted molar refractivity (Wildman–Crippen MR) is 87.9 cm³/mol. The molecular weight excluding hydrogens is 262 g/mol. The summed E-state index contributed by atoms with van der Waals surface area (Å²) in [6.45, 7) is 9.90. The fourth-order valence-corrected chi connectivity index (χ4v) is 2.65. The van der Waals surface area contributed by atoms with Crippen LogP contribution >= 0.6 is 0 Å². The molecule has 1 fully saturated rings. The highest BCUT2D eigenvalue weighted by Gasteiger charge is 2.27. The summed E-state index contributed by atoms with van der Waals surface area (Å²) in [6.07, 6.45) is 2.62. The van der Waals surface area contributed by atoms with Gasteiger partial charge in [0, 0.05) is 36.9 Å². The monoisotopic (exact) mass is 289 g/mol. The molecule has 0 aromatic heterocycles. The van der Waals surface area contributed by atoms with Gasteiger partial charge in [-0.2, -0.15) is 0 Å². The standard InChI is InChI=1S/C17H27N3O/c1-4-18-16-9-6-14(12-13(16)3)17(21)19-10-11-20(5-2)15-7-8-15/h6,9,12,15,18H,4-5,7-8,10-11H2,1-3H3,(H,19,21). The molecule has 1 aliphatic carbocycles. The van der Waals surface area contributed by atoms with Gasteiger partial charge in [0.2, 0.25) is 0 Å². The van der Waals surface area contributed by atoms with Crippen molar-refractivity contribution in [1.29, 1.82) is 0 Å². The third kappa shape index (κ3) is 4.46. The Kier molecular flexibility index (Phi) is 5.62. The topological polar surface area (TPSA) is 44.4 Å². The number of likely N-dealkylation sites (N-methyl/N-ethyl adjacent to an activating group) is 1. The first kappa shape index (κ1) is 15.8. The maximum Gasteiger partial charge on any atom is 0.251 e. The van der Waals surface area contributed by atoms with Crippen LogP contribution in [0.15, 0.2) is 18.2 Å². The molecule has 116 valence electrons. The smallest absolute Gasteiger partial charge is 0.251 e. The van der Waals surface area contributed by atoms with Crippen molar-refractivity contribution in [2.75, 3.05) is 31.5 Å². The van der Waals surface area contributed by atoms with E-state index in [0.717, 1.165) is 49.0 Å². The van der Waals surface area contributed by atoms with E-state index in [9.17, 15) is 4.79 Å². The molecule has 0 heterocycles. The number of benzene rings is 1. The van der Waals surface area contributed by atoms with Crippen molar-refractivity contribution in [1.82, 2.24) is 10.2 Å². The van der Waals surface area contributed by atoms with Gasteiger partial charge >= 0.3 is 0 Å². The van der Waals surface area contributed by atoms with Crippen LogP contribution in [0.1, 0.15) is 42.6 Å². The molecule has 0 spiro atoms. The number of nitrogens with one attached hydrogen (secondary N) is 2. The van der Waals surface area contributed by atoms with Crippen molar-refractivity contribution >= 4 is 11.6 Å². The van der Waals surface area contributed by atoms with E-state index in [1.807, 2.05) is 25.1 Å². The second-order valence-corrected chi connectivity index (χ2v) is 5.68. The van der Waals surface area contributed by atoms with Gasteiger partial charge in [0.15, 0.2) is 0 Å². The number of aryl methyl sites for hydroxylation is 1. The lowest BCUT2D eigenvalue weighted by molar-refractivity contribution is 0.0948. The quantitative estimate of drug-likeness (QED) is 0.773. The van der Waals surface area contributed by atoms with E-state index < -0.39 is 0 Å². The average molecular weight is 289 g/mol. The Morgan fingerprint density at radius 1 is 1.33 bits per heavy atom. The normalized spacial score (nSPS) is 14.3. The van der Waals surface area contributed by atoms with Gasteiger partial charge in [0.05, 0.1) is 0 Å². The molecule has 2 N–H and O–H groups in total. The summed E-state index contributed by atoms with van der Waals surface area (Å²) < 4.78 is 0. The SMILES string of the molecule is CCNc1ccc(C(=O)NCCN(CC)C2CC2)cc1C. The summed E-state index contributed by atoms with van der Waals surface area (Å²) in [7, 11) is 0. The molecule has 1 amide bonds. The van der Waals surface area contributed by atoms with Crippen LogP contribution in [0.25, 0.3) is 0 Å². The first-order valence-electron chi connectivity index (χ1n) is 8.02. The summed E-state index contributed by atoms with van der Waals surface area (Å²) in [5.74, 6) is 0.0213. The molecule has 0 unspecified atom stereocenters. The van der Waals surface area contributed by atoms with E-state index in [1.54, 1.807) is 0 Å². The van der Waals surface area contributed by atoms with Crippen LogP contribution in [0.5, 0.6) is 0 Å². The first-order chi connectivity index (χ1) is 10.2. The molecule has 0 atom stereocenters. The number of nitrogens with zero attached hydrogens (tertiary/aromatic N) is 1. The minimum absolute atomic E-state index is 0.0213. The Labute approximate surface area is 127 Å². The predicted octanol–water partition coefficient (Wildman–Crippen LogP) is 2.64. The third-order valence-electron chi connectivity index (χ3n) is 4.01. The average Bonchev–Trinajstić information content (AvgIpc) is 3.30. The Bertz CT molecular complexity index is 483. The van der Waals surface area contributed by atoms with Gasteiger partial charge in [-0.25, -0.2) is 0 Å². The van der Waals surface area contributed by atoms with Crippen molar-refractivity contribution in [2.45, 2.75) is 39.7 Å². The molecule has 1 saturated carbocycles. The van der Waals surface area contributed by atoms with Crippen LogP contribution in [0.2, 0.25) is 0 Å². The van der Waals surface area contributed by atoms with Crippen molar-refractivity contribution in [3.05, 3.63) is 29.3 Å². The molecule has 0 radical (unpaired) electrons. The Hall–Kier alpha value is -1.55. The fourth-order valence-electron chi connectivity index (χ4n) is 2.65. The molecule has 1 aromatic carbocycles. The van der Waals surface area contributed by atoms with Crippen LogP contribution in [0.4, 0.5) is 5.69 Å². The maximum atomic E-state index is 12.2. The summed E-state index contributed by atoms with van der Waals surface area (Å²) in [6, 6.07) is 6.58. The third-order valence-corrected chi connectivity index (χ3v) is 4.01. The molecule has 0 bridgehead atoms. The van der Waals surface area contributed by atoms with Gasteiger partial charge in [-0.3, -0.25) is 9.69 Å². The number of carbonyl (C=O) groups excluding carboxylic acids is 1. The fraction of sp³-hybridized carbons (Fsp3) is 0.588. The van der Waals surface area contributed by atoms with E-state index in [4.69, 9.17) is 0 Å². The molecule has 1 aliphatic rings. The Morgan fingerprint density at radius 3 is 2.67 bits per heavy atom. The Balaban J connectivity index is 1.83. The molecule has 4 heteroatoms. The maximum absolute atomic E-state index is 12.2. The molecule has 2 rings (SSSR count). The van der Waals surface area contributed by atoms with Crippen molar-refractivity contribution in [3.63, 3.8) is 0 Å². The second-order valence-electron chi connectivity index (χ2n) is 5.68. The number of hydrogen-bond donors (Lipinski definition) is 2. The zero-order valence-corrected chi connectivity index (χ0v) is 13.4. The van der Waals surface area contributed by atoms with Gasteiger partial charge in [-0.15, -0.1) is 0 Å². The molecule has 21 heavy (non-hydrogen) atoms. The highest BCUT2D eigenvalue weighted by atomic mass is 16.1. The van der Waals surface area contributed by atoms with Crippen LogP contribution in [0.3, 0.4) is 0 Å². The van der Waals surface area contributed by atoms with Gasteiger partial charge in [-0.05, 0) is 57.0 Å². The number of rotatable bonds is 8. The van der Waals surface area contributed by atoms with Crippen molar-refractivity contribution in [3.8, 4) is 0 Å². The zero-order chi connectivity index (χ0) is 15.2. The highest BCUT2D eigenvalue weighted by molar-refractivity contribution is 5.94. The summed E-state index contributed by atoms with van der Waals surface area (Å²) in [5, 5.41) is 6.31. The second kappa shape index (κ2) is 7.46. The van der Waals surface area contributed by atoms with E-state index in [2.05, 4.69) is 29.4 Å². The zero-order valence-electron chi connectivity index (χ0n) is 13.4. The van der Waals surface area contributed by atoms with Gasteiger partial charge in [-0.1, -0.05) is 6.92 Å². The van der Waals surface area contributed by atoms with Crippen molar-refractivity contribution < 1.29 is 4.79 Å². The number of hydrogen-bond acceptors (Lipinski definition) is 3. The van der Waals surface area contributed by atoms with Gasteiger partial charge in [0.25, 0.3) is 5.91 Å². The summed E-state index contributed by atoms with van der Waals surface area (Å²) >= 11 is 0. The summed E-state index contributed by atoms with van der Waals surface area (Å²) in [5.41, 5.74) is 2.95. The Morgan fingerprint density at radius 2 is 2.10 bits per heavy atom. The molecule has 4 nitrogen and oxygen atoms in total. The number of amides is 1. The number of anilines is 1. The lowest BCUT2D eigenvalue weighted by atomic mass is 10.1. The minimum Gasteiger partial charge on any atom is -0.385 e. The van der Waals surface area contributed by atoms with Crippen LogP contribution in [-0.2, 0) is 0 Å². The van der Waals surface area contributed by atoms with E-state index >= 15 is 0 Å². The molecule has 0 saturated heterocycles. The van der Waals surface area contributed by atoms with Crippen LogP contribution in [-0.4, -0.2) is 43.0 Å². The minimum atomic E-state index is 0.0213. The summed E-state index contributed by atoms with van der Waals surface area (Å²) in [4.78, 5) is 14.6. The lowest BCUT2D eigenvalue weighted by Gasteiger charge is -2.19. The van der Waals surface area contributed by atoms with E-state index in [1.165, 1.54) is 12.8 Å². The number of carbonyl (C=O) groups is 1. The van der Waals surface area contributed by atoms with Crippen molar-refractivity contribution in [2.24, 2.45) is 0 Å². The molecule has 0 aliphatic heterocycles. The molecular formula is C17H27N3O. The largest absolute Gasteiger partial charge is 0.385 e. The van der Waals surface area contributed by atoms with Crippen LogP contribution < -0.4 is 10.6 Å². The lowest BCUT2D eigenvalue weighted by Crippen LogP contribution is -2.36. The highest BCUT2D eigenvalue weighted by Crippen LogP contribution is 2.25. The molecule has 1 aromatic rings. The van der Waals surface area contributed by atoms with E-state index in [-0.39, 0.29) is 5.91 Å². The van der Waals surface area contributed by atoms with Crippen LogP contribution in [0, 0.1) is 6.92 Å². The van der Waals surface area contributed by atoms with Gasteiger partial charge in [0.1, 0.15) is 0 Å². The van der Waals surface area contributed by atoms with E-state index in [0.29, 0.717) is 0 Å².